The standard InChI is InChI=1S/C18H15Cl2N3O6/c1-10(21-17(25)11-3-2-4-13(7-11)23(27)28)18(26)29-9-16(24)22-15-8-12(19)5-6-14(15)20/h2-8,10H,9H2,1H3,(H,21,25)(H,22,24)/t10-/m0/s1. The molecular formula is C18H15Cl2N3O6. The number of rotatable bonds is 7. The molecule has 1 atom stereocenters. The van der Waals surface area contributed by atoms with Gasteiger partial charge in [0.15, 0.2) is 6.61 Å². The van der Waals surface area contributed by atoms with Crippen molar-refractivity contribution < 1.29 is 24.0 Å². The smallest absolute Gasteiger partial charge is 0.328 e. The molecule has 29 heavy (non-hydrogen) atoms. The predicted molar refractivity (Wildman–Crippen MR) is 106 cm³/mol. The van der Waals surface area contributed by atoms with Crippen LogP contribution >= 0.6 is 23.2 Å². The maximum Gasteiger partial charge on any atom is 0.328 e. The average Bonchev–Trinajstić information content (AvgIpc) is 2.68. The molecule has 0 saturated carbocycles. The minimum Gasteiger partial charge on any atom is -0.454 e. The van der Waals surface area contributed by atoms with Crippen molar-refractivity contribution in [3.63, 3.8) is 0 Å². The van der Waals surface area contributed by atoms with Gasteiger partial charge in [0.25, 0.3) is 17.5 Å². The maximum atomic E-state index is 12.1. The lowest BCUT2D eigenvalue weighted by Gasteiger charge is -2.13. The molecule has 2 aromatic carbocycles. The number of hydrogen-bond acceptors (Lipinski definition) is 6. The van der Waals surface area contributed by atoms with Crippen molar-refractivity contribution in [2.45, 2.75) is 13.0 Å². The van der Waals surface area contributed by atoms with E-state index in [0.29, 0.717) is 5.02 Å². The highest BCUT2D eigenvalue weighted by Gasteiger charge is 2.20. The molecule has 152 valence electrons. The second kappa shape index (κ2) is 9.85. The second-order valence-corrected chi connectivity index (χ2v) is 6.63. The van der Waals surface area contributed by atoms with Gasteiger partial charge in [-0.2, -0.15) is 0 Å². The Morgan fingerprint density at radius 2 is 1.90 bits per heavy atom. The van der Waals surface area contributed by atoms with Gasteiger partial charge in [0.2, 0.25) is 0 Å². The van der Waals surface area contributed by atoms with Crippen LogP contribution in [-0.2, 0) is 14.3 Å². The first kappa shape index (κ1) is 22.1. The third-order valence-electron chi connectivity index (χ3n) is 3.57. The van der Waals surface area contributed by atoms with E-state index in [-0.39, 0.29) is 22.0 Å². The summed E-state index contributed by atoms with van der Waals surface area (Å²) in [7, 11) is 0. The molecule has 2 rings (SSSR count). The van der Waals surface area contributed by atoms with E-state index in [1.165, 1.54) is 37.3 Å². The number of nitrogens with zero attached hydrogens (tertiary/aromatic N) is 1. The zero-order valence-corrected chi connectivity index (χ0v) is 16.5. The Morgan fingerprint density at radius 3 is 2.59 bits per heavy atom. The van der Waals surface area contributed by atoms with Gasteiger partial charge in [-0.3, -0.25) is 19.7 Å². The summed E-state index contributed by atoms with van der Waals surface area (Å²) in [5, 5.41) is 16.2. The molecule has 0 radical (unpaired) electrons. The molecule has 9 nitrogen and oxygen atoms in total. The number of anilines is 1. The fourth-order valence-electron chi connectivity index (χ4n) is 2.14. The molecule has 0 bridgehead atoms. The van der Waals surface area contributed by atoms with Crippen LogP contribution in [0.15, 0.2) is 42.5 Å². The van der Waals surface area contributed by atoms with Gasteiger partial charge in [-0.15, -0.1) is 0 Å². The third kappa shape index (κ3) is 6.44. The normalized spacial score (nSPS) is 11.3. The van der Waals surface area contributed by atoms with Crippen LogP contribution in [0.4, 0.5) is 11.4 Å². The van der Waals surface area contributed by atoms with Crippen LogP contribution in [-0.4, -0.2) is 35.4 Å². The van der Waals surface area contributed by atoms with Crippen LogP contribution in [0, 0.1) is 10.1 Å². The Kier molecular flexibility index (Phi) is 7.52. The van der Waals surface area contributed by atoms with E-state index in [0.717, 1.165) is 6.07 Å². The number of amides is 2. The van der Waals surface area contributed by atoms with Crippen molar-refractivity contribution >= 4 is 52.4 Å². The summed E-state index contributed by atoms with van der Waals surface area (Å²) in [5.74, 6) is -2.22. The Bertz CT molecular complexity index is 966. The van der Waals surface area contributed by atoms with Gasteiger partial charge >= 0.3 is 5.97 Å². The van der Waals surface area contributed by atoms with E-state index in [9.17, 15) is 24.5 Å². The molecule has 2 N–H and O–H groups in total. The Morgan fingerprint density at radius 1 is 1.17 bits per heavy atom. The topological polar surface area (TPSA) is 128 Å². The second-order valence-electron chi connectivity index (χ2n) is 5.78. The van der Waals surface area contributed by atoms with E-state index < -0.39 is 35.4 Å². The molecule has 0 aromatic heterocycles. The number of nitro groups is 1. The van der Waals surface area contributed by atoms with E-state index in [4.69, 9.17) is 27.9 Å². The number of carbonyl (C=O) groups excluding carboxylic acids is 3. The Labute approximate surface area is 175 Å². The van der Waals surface area contributed by atoms with Crippen LogP contribution in [0.1, 0.15) is 17.3 Å². The molecule has 11 heteroatoms. The lowest BCUT2D eigenvalue weighted by atomic mass is 10.2. The van der Waals surface area contributed by atoms with Crippen molar-refractivity contribution in [2.75, 3.05) is 11.9 Å². The number of hydrogen-bond donors (Lipinski definition) is 2. The average molecular weight is 440 g/mol. The number of ether oxygens (including phenoxy) is 1. The highest BCUT2D eigenvalue weighted by Crippen LogP contribution is 2.25. The van der Waals surface area contributed by atoms with Crippen molar-refractivity contribution in [1.82, 2.24) is 5.32 Å². The summed E-state index contributed by atoms with van der Waals surface area (Å²) in [5.41, 5.74) is 0.00339. The Balaban J connectivity index is 1.87. The fourth-order valence-corrected chi connectivity index (χ4v) is 2.48. The summed E-state index contributed by atoms with van der Waals surface area (Å²) >= 11 is 11.8. The lowest BCUT2D eigenvalue weighted by molar-refractivity contribution is -0.384. The number of nitro benzene ring substituents is 1. The largest absolute Gasteiger partial charge is 0.454 e. The molecule has 0 aliphatic heterocycles. The number of carbonyl (C=O) groups is 3. The fraction of sp³-hybridized carbons (Fsp3) is 0.167. The van der Waals surface area contributed by atoms with Gasteiger partial charge in [0.05, 0.1) is 15.6 Å². The molecule has 2 aromatic rings. The van der Waals surface area contributed by atoms with Crippen molar-refractivity contribution in [1.29, 1.82) is 0 Å². The number of esters is 1. The van der Waals surface area contributed by atoms with Gasteiger partial charge < -0.3 is 15.4 Å². The van der Waals surface area contributed by atoms with E-state index in [1.807, 2.05) is 0 Å². The van der Waals surface area contributed by atoms with Gasteiger partial charge in [-0.1, -0.05) is 29.3 Å². The summed E-state index contributed by atoms with van der Waals surface area (Å²) in [6.07, 6.45) is 0. The molecule has 0 aliphatic rings. The maximum absolute atomic E-state index is 12.1. The molecule has 0 fully saturated rings. The van der Waals surface area contributed by atoms with Crippen LogP contribution in [0.5, 0.6) is 0 Å². The van der Waals surface area contributed by atoms with Gasteiger partial charge in [0, 0.05) is 22.7 Å². The van der Waals surface area contributed by atoms with Crippen LogP contribution in [0.25, 0.3) is 0 Å². The zero-order valence-electron chi connectivity index (χ0n) is 15.0. The minimum absolute atomic E-state index is 0.00666. The van der Waals surface area contributed by atoms with E-state index >= 15 is 0 Å². The summed E-state index contributed by atoms with van der Waals surface area (Å²) in [6, 6.07) is 8.41. The molecule has 0 spiro atoms. The predicted octanol–water partition coefficient (Wildman–Crippen LogP) is 3.20. The number of halogens is 2. The summed E-state index contributed by atoms with van der Waals surface area (Å²) in [6.45, 7) is 0.738. The van der Waals surface area contributed by atoms with Crippen molar-refractivity contribution in [2.24, 2.45) is 0 Å². The van der Waals surface area contributed by atoms with Crippen LogP contribution in [0.3, 0.4) is 0 Å². The molecular weight excluding hydrogens is 425 g/mol. The monoisotopic (exact) mass is 439 g/mol. The first-order valence-electron chi connectivity index (χ1n) is 8.14. The minimum atomic E-state index is -1.09. The van der Waals surface area contributed by atoms with Crippen LogP contribution < -0.4 is 10.6 Å². The van der Waals surface area contributed by atoms with Crippen molar-refractivity contribution in [3.05, 3.63) is 68.2 Å². The SMILES string of the molecule is C[C@H](NC(=O)c1cccc([N+](=O)[O-])c1)C(=O)OCC(=O)Nc1cc(Cl)ccc1Cl. The summed E-state index contributed by atoms with van der Waals surface area (Å²) in [4.78, 5) is 46.2. The number of nitrogens with one attached hydrogen (secondary N) is 2. The van der Waals surface area contributed by atoms with Crippen LogP contribution in [0.2, 0.25) is 10.0 Å². The lowest BCUT2D eigenvalue weighted by Crippen LogP contribution is -2.40. The quantitative estimate of drug-likeness (QED) is 0.387. The molecule has 0 heterocycles. The van der Waals surface area contributed by atoms with E-state index in [2.05, 4.69) is 10.6 Å². The molecule has 0 saturated heterocycles. The highest BCUT2D eigenvalue weighted by molar-refractivity contribution is 6.35. The first-order valence-corrected chi connectivity index (χ1v) is 8.90. The van der Waals surface area contributed by atoms with Gasteiger partial charge in [-0.25, -0.2) is 4.79 Å². The number of non-ortho nitro benzene ring substituents is 1. The Hall–Kier alpha value is -3.17. The van der Waals surface area contributed by atoms with Crippen molar-refractivity contribution in [3.8, 4) is 0 Å². The molecule has 0 unspecified atom stereocenters. The van der Waals surface area contributed by atoms with Gasteiger partial charge in [-0.05, 0) is 31.2 Å². The van der Waals surface area contributed by atoms with Gasteiger partial charge in [0.1, 0.15) is 6.04 Å². The van der Waals surface area contributed by atoms with E-state index in [1.54, 1.807) is 6.07 Å². The molecule has 0 aliphatic carbocycles. The molecule has 2 amide bonds. The highest BCUT2D eigenvalue weighted by atomic mass is 35.5. The zero-order chi connectivity index (χ0) is 21.6. The summed E-state index contributed by atoms with van der Waals surface area (Å²) < 4.78 is 4.86. The first-order chi connectivity index (χ1) is 13.7. The number of benzene rings is 2. The third-order valence-corrected chi connectivity index (χ3v) is 4.13.